The fourth-order valence-corrected chi connectivity index (χ4v) is 2.64. The Morgan fingerprint density at radius 2 is 1.38 bits per heavy atom. The standard InChI is InChI=1S/C23H47N3O3/c1-20(2,3)15-18(27)26-22(7,8)12-14-29-23(9,10)11-13-24-16-19(28)25-17-21(4,5)6/h24H,11-17H2,1-10H3,(H,25,28)(H,26,27). The van der Waals surface area contributed by atoms with Gasteiger partial charge >= 0.3 is 0 Å². The van der Waals surface area contributed by atoms with Gasteiger partial charge in [-0.1, -0.05) is 41.5 Å². The van der Waals surface area contributed by atoms with Gasteiger partial charge in [0.25, 0.3) is 0 Å². The number of hydrogen-bond donors (Lipinski definition) is 3. The van der Waals surface area contributed by atoms with Crippen molar-refractivity contribution in [1.29, 1.82) is 0 Å². The Labute approximate surface area is 179 Å². The highest BCUT2D eigenvalue weighted by molar-refractivity contribution is 5.78. The molecule has 3 N–H and O–H groups in total. The first-order chi connectivity index (χ1) is 12.9. The van der Waals surface area contributed by atoms with Crippen LogP contribution in [0.1, 0.15) is 88.5 Å². The van der Waals surface area contributed by atoms with Crippen molar-refractivity contribution in [2.24, 2.45) is 10.8 Å². The van der Waals surface area contributed by atoms with Crippen molar-refractivity contribution in [1.82, 2.24) is 16.0 Å². The molecular weight excluding hydrogens is 366 g/mol. The first kappa shape index (κ1) is 27.9. The molecule has 0 saturated heterocycles. The summed E-state index contributed by atoms with van der Waals surface area (Å²) in [7, 11) is 0. The van der Waals surface area contributed by atoms with Crippen molar-refractivity contribution in [2.75, 3.05) is 26.2 Å². The van der Waals surface area contributed by atoms with E-state index in [2.05, 4.69) is 71.3 Å². The van der Waals surface area contributed by atoms with Gasteiger partial charge in [0.05, 0.1) is 12.1 Å². The van der Waals surface area contributed by atoms with Crippen molar-refractivity contribution in [3.8, 4) is 0 Å². The van der Waals surface area contributed by atoms with Gasteiger partial charge in [-0.25, -0.2) is 0 Å². The molecule has 0 aromatic carbocycles. The number of hydrogen-bond acceptors (Lipinski definition) is 4. The minimum atomic E-state index is -0.304. The number of amides is 2. The second-order valence-electron chi connectivity index (χ2n) is 11.8. The maximum absolute atomic E-state index is 12.2. The van der Waals surface area contributed by atoms with Crippen LogP contribution < -0.4 is 16.0 Å². The average molecular weight is 414 g/mol. The molecule has 0 spiro atoms. The van der Waals surface area contributed by atoms with E-state index in [9.17, 15) is 9.59 Å². The van der Waals surface area contributed by atoms with E-state index >= 15 is 0 Å². The predicted molar refractivity (Wildman–Crippen MR) is 121 cm³/mol. The van der Waals surface area contributed by atoms with Crippen LogP contribution in [-0.2, 0) is 14.3 Å². The first-order valence-electron chi connectivity index (χ1n) is 10.8. The zero-order valence-electron chi connectivity index (χ0n) is 20.7. The van der Waals surface area contributed by atoms with Crippen LogP contribution in [0.3, 0.4) is 0 Å². The van der Waals surface area contributed by atoms with Gasteiger partial charge in [-0.2, -0.15) is 0 Å². The average Bonchev–Trinajstić information content (AvgIpc) is 2.45. The maximum atomic E-state index is 12.2. The number of ether oxygens (including phenoxy) is 1. The van der Waals surface area contributed by atoms with Crippen LogP contribution in [0.25, 0.3) is 0 Å². The molecule has 0 aromatic rings. The predicted octanol–water partition coefficient (Wildman–Crippen LogP) is 3.64. The second kappa shape index (κ2) is 11.3. The molecule has 0 atom stereocenters. The van der Waals surface area contributed by atoms with Gasteiger partial charge in [0.1, 0.15) is 0 Å². The molecule has 6 heteroatoms. The van der Waals surface area contributed by atoms with E-state index in [0.29, 0.717) is 32.7 Å². The van der Waals surface area contributed by atoms with Crippen molar-refractivity contribution < 1.29 is 14.3 Å². The third-order valence-corrected chi connectivity index (χ3v) is 4.39. The maximum Gasteiger partial charge on any atom is 0.233 e. The minimum absolute atomic E-state index is 0.0185. The van der Waals surface area contributed by atoms with Crippen LogP contribution in [0.15, 0.2) is 0 Å². The molecule has 0 aliphatic carbocycles. The van der Waals surface area contributed by atoms with E-state index in [1.165, 1.54) is 0 Å². The molecule has 0 unspecified atom stereocenters. The van der Waals surface area contributed by atoms with Gasteiger partial charge in [0.15, 0.2) is 0 Å². The molecule has 29 heavy (non-hydrogen) atoms. The molecule has 0 rings (SSSR count). The van der Waals surface area contributed by atoms with E-state index < -0.39 is 0 Å². The third-order valence-electron chi connectivity index (χ3n) is 4.39. The van der Waals surface area contributed by atoms with Gasteiger partial charge in [0, 0.05) is 25.1 Å². The van der Waals surface area contributed by atoms with E-state index in [0.717, 1.165) is 12.8 Å². The molecule has 0 saturated carbocycles. The molecule has 0 aromatic heterocycles. The highest BCUT2D eigenvalue weighted by Crippen LogP contribution is 2.20. The molecule has 0 aliphatic rings. The van der Waals surface area contributed by atoms with Crippen molar-refractivity contribution in [3.63, 3.8) is 0 Å². The molecule has 0 bridgehead atoms. The van der Waals surface area contributed by atoms with Gasteiger partial charge in [-0.3, -0.25) is 9.59 Å². The van der Waals surface area contributed by atoms with Crippen LogP contribution in [-0.4, -0.2) is 49.2 Å². The number of carbonyl (C=O) groups excluding carboxylic acids is 2. The SMILES string of the molecule is CC(C)(C)CNC(=O)CNCCC(C)(C)OCCC(C)(C)NC(=O)CC(C)(C)C. The number of nitrogens with one attached hydrogen (secondary N) is 3. The lowest BCUT2D eigenvalue weighted by Crippen LogP contribution is -2.45. The van der Waals surface area contributed by atoms with Gasteiger partial charge in [-0.15, -0.1) is 0 Å². The van der Waals surface area contributed by atoms with Crippen LogP contribution in [0.4, 0.5) is 0 Å². The molecular formula is C23H47N3O3. The zero-order chi connectivity index (χ0) is 22.9. The van der Waals surface area contributed by atoms with E-state index in [4.69, 9.17) is 4.74 Å². The molecule has 0 fully saturated rings. The first-order valence-corrected chi connectivity index (χ1v) is 10.8. The van der Waals surface area contributed by atoms with Crippen molar-refractivity contribution >= 4 is 11.8 Å². The van der Waals surface area contributed by atoms with Gasteiger partial charge < -0.3 is 20.7 Å². The van der Waals surface area contributed by atoms with E-state index in [1.54, 1.807) is 0 Å². The Morgan fingerprint density at radius 1 is 0.793 bits per heavy atom. The highest BCUT2D eigenvalue weighted by atomic mass is 16.5. The Bertz CT molecular complexity index is 514. The summed E-state index contributed by atoms with van der Waals surface area (Å²) in [5, 5.41) is 9.23. The fraction of sp³-hybridized carbons (Fsp3) is 0.913. The summed E-state index contributed by atoms with van der Waals surface area (Å²) in [6, 6.07) is 0. The van der Waals surface area contributed by atoms with Crippen LogP contribution in [0.5, 0.6) is 0 Å². The van der Waals surface area contributed by atoms with Gasteiger partial charge in [0.2, 0.25) is 11.8 Å². The minimum Gasteiger partial charge on any atom is -0.375 e. The number of rotatable bonds is 12. The lowest BCUT2D eigenvalue weighted by atomic mass is 9.91. The summed E-state index contributed by atoms with van der Waals surface area (Å²) >= 11 is 0. The van der Waals surface area contributed by atoms with E-state index in [1.807, 2.05) is 13.8 Å². The highest BCUT2D eigenvalue weighted by Gasteiger charge is 2.25. The summed E-state index contributed by atoms with van der Waals surface area (Å²) in [4.78, 5) is 24.0. The van der Waals surface area contributed by atoms with Crippen LogP contribution in [0, 0.1) is 10.8 Å². The van der Waals surface area contributed by atoms with Gasteiger partial charge in [-0.05, 0) is 57.9 Å². The van der Waals surface area contributed by atoms with E-state index in [-0.39, 0.29) is 33.8 Å². The Morgan fingerprint density at radius 3 is 1.90 bits per heavy atom. The Kier molecular flexibility index (Phi) is 10.9. The normalized spacial score (nSPS) is 13.3. The lowest BCUT2D eigenvalue weighted by molar-refractivity contribution is -0.125. The fourth-order valence-electron chi connectivity index (χ4n) is 2.64. The monoisotopic (exact) mass is 413 g/mol. The Balaban J connectivity index is 4.10. The van der Waals surface area contributed by atoms with Crippen LogP contribution >= 0.6 is 0 Å². The largest absolute Gasteiger partial charge is 0.375 e. The molecule has 6 nitrogen and oxygen atoms in total. The smallest absolute Gasteiger partial charge is 0.233 e. The quantitative estimate of drug-likeness (QED) is 0.427. The molecule has 2 amide bonds. The Hall–Kier alpha value is -1.14. The summed E-state index contributed by atoms with van der Waals surface area (Å²) in [6.45, 7) is 22.9. The molecule has 0 aliphatic heterocycles. The number of carbonyl (C=O) groups is 2. The molecule has 0 radical (unpaired) electrons. The molecule has 172 valence electrons. The van der Waals surface area contributed by atoms with Crippen LogP contribution in [0.2, 0.25) is 0 Å². The molecule has 0 heterocycles. The summed E-state index contributed by atoms with van der Waals surface area (Å²) in [6.07, 6.45) is 2.06. The topological polar surface area (TPSA) is 79.5 Å². The third kappa shape index (κ3) is 17.4. The zero-order valence-corrected chi connectivity index (χ0v) is 20.7. The summed E-state index contributed by atoms with van der Waals surface area (Å²) in [5.74, 6) is 0.0992. The lowest BCUT2D eigenvalue weighted by Gasteiger charge is -2.31. The summed E-state index contributed by atoms with van der Waals surface area (Å²) in [5.41, 5.74) is -0.525. The summed E-state index contributed by atoms with van der Waals surface area (Å²) < 4.78 is 6.06. The van der Waals surface area contributed by atoms with Crippen molar-refractivity contribution in [2.45, 2.75) is 99.6 Å². The second-order valence-corrected chi connectivity index (χ2v) is 11.8. The van der Waals surface area contributed by atoms with Crippen molar-refractivity contribution in [3.05, 3.63) is 0 Å².